The smallest absolute Gasteiger partial charge is 0.190 e. The second-order valence-electron chi connectivity index (χ2n) is 6.53. The molecule has 3 rings (SSSR count). The molecule has 136 valence electrons. The van der Waals surface area contributed by atoms with Crippen molar-refractivity contribution < 1.29 is 9.21 Å². The van der Waals surface area contributed by atoms with E-state index in [1.165, 1.54) is 5.56 Å². The molecule has 27 heavy (non-hydrogen) atoms. The fourth-order valence-electron chi connectivity index (χ4n) is 2.95. The second kappa shape index (κ2) is 8.97. The third-order valence-corrected chi connectivity index (χ3v) is 4.24. The second-order valence-corrected chi connectivity index (χ2v) is 6.53. The van der Waals surface area contributed by atoms with Crippen molar-refractivity contribution in [3.63, 3.8) is 0 Å². The minimum Gasteiger partial charge on any atom is -0.465 e. The van der Waals surface area contributed by atoms with Crippen LogP contribution in [-0.2, 0) is 11.3 Å². The molecule has 0 aliphatic rings. The van der Waals surface area contributed by atoms with Crippen LogP contribution in [0.25, 0.3) is 11.6 Å². The molecule has 0 spiro atoms. The third-order valence-electron chi connectivity index (χ3n) is 4.24. The van der Waals surface area contributed by atoms with Crippen molar-refractivity contribution in [2.24, 2.45) is 0 Å². The van der Waals surface area contributed by atoms with E-state index in [9.17, 15) is 4.79 Å². The van der Waals surface area contributed by atoms with Gasteiger partial charge < -0.3 is 4.42 Å². The molecule has 0 fully saturated rings. The van der Waals surface area contributed by atoms with E-state index in [4.69, 9.17) is 4.42 Å². The summed E-state index contributed by atoms with van der Waals surface area (Å²) in [7, 11) is 1.99. The maximum Gasteiger partial charge on any atom is 0.190 e. The SMILES string of the molecule is C=C(CN(C)Cc1ccccc1)C(=O)C(=Cc1ccco1)c1ccccc1. The zero-order chi connectivity index (χ0) is 19.1. The Morgan fingerprint density at radius 3 is 2.30 bits per heavy atom. The minimum atomic E-state index is -0.0717. The van der Waals surface area contributed by atoms with Crippen molar-refractivity contribution in [2.75, 3.05) is 13.6 Å². The first-order chi connectivity index (χ1) is 13.1. The average Bonchev–Trinajstić information content (AvgIpc) is 3.20. The Labute approximate surface area is 160 Å². The van der Waals surface area contributed by atoms with Gasteiger partial charge in [-0.05, 0) is 36.4 Å². The predicted octanol–water partition coefficient (Wildman–Crippen LogP) is 5.08. The zero-order valence-electron chi connectivity index (χ0n) is 15.5. The molecule has 1 heterocycles. The van der Waals surface area contributed by atoms with E-state index in [0.29, 0.717) is 23.5 Å². The number of furan rings is 1. The molecule has 0 radical (unpaired) electrons. The summed E-state index contributed by atoms with van der Waals surface area (Å²) in [6.45, 7) is 5.30. The van der Waals surface area contributed by atoms with Gasteiger partial charge in [-0.3, -0.25) is 9.69 Å². The number of allylic oxidation sites excluding steroid dienone is 1. The largest absolute Gasteiger partial charge is 0.465 e. The van der Waals surface area contributed by atoms with E-state index in [1.54, 1.807) is 18.4 Å². The monoisotopic (exact) mass is 357 g/mol. The lowest BCUT2D eigenvalue weighted by atomic mass is 9.96. The van der Waals surface area contributed by atoms with Gasteiger partial charge in [-0.25, -0.2) is 0 Å². The number of Topliss-reactive ketones (excluding diaryl/α,β-unsaturated/α-hetero) is 1. The molecule has 0 atom stereocenters. The Kier molecular flexibility index (Phi) is 6.18. The molecule has 1 aromatic heterocycles. The van der Waals surface area contributed by atoms with Crippen LogP contribution >= 0.6 is 0 Å². The van der Waals surface area contributed by atoms with Crippen LogP contribution in [-0.4, -0.2) is 24.3 Å². The van der Waals surface area contributed by atoms with Gasteiger partial charge in [0.2, 0.25) is 0 Å². The maximum atomic E-state index is 13.1. The molecule has 0 saturated carbocycles. The Bertz CT molecular complexity index is 910. The first kappa shape index (κ1) is 18.6. The summed E-state index contributed by atoms with van der Waals surface area (Å²) in [6, 6.07) is 23.4. The van der Waals surface area contributed by atoms with Gasteiger partial charge in [-0.1, -0.05) is 67.2 Å². The van der Waals surface area contributed by atoms with Gasteiger partial charge in [0.1, 0.15) is 5.76 Å². The number of hydrogen-bond donors (Lipinski definition) is 0. The highest BCUT2D eigenvalue weighted by Crippen LogP contribution is 2.22. The standard InChI is InChI=1S/C24H23NO2/c1-19(17-25(2)18-20-10-5-3-6-11-20)24(26)23(16-22-14-9-15-27-22)21-12-7-4-8-13-21/h3-16H,1,17-18H2,2H3. The van der Waals surface area contributed by atoms with Crippen LogP contribution in [0.15, 0.2) is 95.6 Å². The highest BCUT2D eigenvalue weighted by Gasteiger charge is 2.17. The van der Waals surface area contributed by atoms with Crippen molar-refractivity contribution in [1.29, 1.82) is 0 Å². The van der Waals surface area contributed by atoms with E-state index in [1.807, 2.05) is 61.6 Å². The number of likely N-dealkylation sites (N-methyl/N-ethyl adjacent to an activating group) is 1. The van der Waals surface area contributed by atoms with E-state index < -0.39 is 0 Å². The summed E-state index contributed by atoms with van der Waals surface area (Å²) in [5.74, 6) is 0.574. The van der Waals surface area contributed by atoms with Crippen LogP contribution in [0, 0.1) is 0 Å². The van der Waals surface area contributed by atoms with Gasteiger partial charge in [-0.2, -0.15) is 0 Å². The van der Waals surface area contributed by atoms with Crippen LogP contribution in [0.1, 0.15) is 16.9 Å². The minimum absolute atomic E-state index is 0.0717. The number of nitrogens with zero attached hydrogens (tertiary/aromatic N) is 1. The van der Waals surface area contributed by atoms with E-state index >= 15 is 0 Å². The van der Waals surface area contributed by atoms with Crippen LogP contribution in [0.5, 0.6) is 0 Å². The van der Waals surface area contributed by atoms with Gasteiger partial charge in [0.15, 0.2) is 5.78 Å². The normalized spacial score (nSPS) is 11.6. The molecule has 3 heteroatoms. The molecule has 3 nitrogen and oxygen atoms in total. The lowest BCUT2D eigenvalue weighted by Gasteiger charge is -2.18. The molecule has 2 aromatic carbocycles. The highest BCUT2D eigenvalue weighted by atomic mass is 16.3. The number of carbonyl (C=O) groups is 1. The molecule has 0 amide bonds. The number of rotatable bonds is 8. The summed E-state index contributed by atoms with van der Waals surface area (Å²) in [4.78, 5) is 15.2. The molecule has 0 bridgehead atoms. The van der Waals surface area contributed by atoms with Gasteiger partial charge in [0.25, 0.3) is 0 Å². The third kappa shape index (κ3) is 5.16. The fourth-order valence-corrected chi connectivity index (χ4v) is 2.95. The van der Waals surface area contributed by atoms with Crippen LogP contribution in [0.3, 0.4) is 0 Å². The first-order valence-electron chi connectivity index (χ1n) is 8.89. The zero-order valence-corrected chi connectivity index (χ0v) is 15.5. The predicted molar refractivity (Wildman–Crippen MR) is 110 cm³/mol. The summed E-state index contributed by atoms with van der Waals surface area (Å²) < 4.78 is 5.41. The first-order valence-corrected chi connectivity index (χ1v) is 8.89. The molecular formula is C24H23NO2. The van der Waals surface area contributed by atoms with Crippen LogP contribution in [0.4, 0.5) is 0 Å². The van der Waals surface area contributed by atoms with Gasteiger partial charge in [0.05, 0.1) is 6.26 Å². The quantitative estimate of drug-likeness (QED) is 0.527. The molecule has 3 aromatic rings. The maximum absolute atomic E-state index is 13.1. The lowest BCUT2D eigenvalue weighted by Crippen LogP contribution is -2.23. The molecule has 0 aliphatic heterocycles. The Morgan fingerprint density at radius 2 is 1.67 bits per heavy atom. The Hall–Kier alpha value is -3.17. The average molecular weight is 357 g/mol. The summed E-state index contributed by atoms with van der Waals surface area (Å²) >= 11 is 0. The molecule has 0 saturated heterocycles. The molecular weight excluding hydrogens is 334 g/mol. The number of benzene rings is 2. The van der Waals surface area contributed by atoms with Crippen LogP contribution in [0.2, 0.25) is 0 Å². The number of carbonyl (C=O) groups excluding carboxylic acids is 1. The van der Waals surface area contributed by atoms with Gasteiger partial charge in [0, 0.05) is 24.2 Å². The fraction of sp³-hybridized carbons (Fsp3) is 0.125. The Balaban J connectivity index is 1.76. The summed E-state index contributed by atoms with van der Waals surface area (Å²) in [6.07, 6.45) is 3.38. The van der Waals surface area contributed by atoms with Crippen molar-refractivity contribution in [2.45, 2.75) is 6.54 Å². The topological polar surface area (TPSA) is 33.5 Å². The van der Waals surface area contributed by atoms with E-state index in [-0.39, 0.29) is 5.78 Å². The van der Waals surface area contributed by atoms with Gasteiger partial charge >= 0.3 is 0 Å². The molecule has 0 N–H and O–H groups in total. The molecule has 0 unspecified atom stereocenters. The van der Waals surface area contributed by atoms with Crippen molar-refractivity contribution in [3.05, 3.63) is 108 Å². The lowest BCUT2D eigenvalue weighted by molar-refractivity contribution is -0.110. The summed E-state index contributed by atoms with van der Waals surface area (Å²) in [5, 5.41) is 0. The van der Waals surface area contributed by atoms with Crippen molar-refractivity contribution in [1.82, 2.24) is 4.90 Å². The van der Waals surface area contributed by atoms with Gasteiger partial charge in [-0.15, -0.1) is 0 Å². The van der Waals surface area contributed by atoms with Crippen molar-refractivity contribution in [3.8, 4) is 0 Å². The van der Waals surface area contributed by atoms with Crippen LogP contribution < -0.4 is 0 Å². The number of hydrogen-bond acceptors (Lipinski definition) is 3. The highest BCUT2D eigenvalue weighted by molar-refractivity contribution is 6.32. The number of ketones is 1. The van der Waals surface area contributed by atoms with Crippen molar-refractivity contribution >= 4 is 17.4 Å². The Morgan fingerprint density at radius 1 is 1.00 bits per heavy atom. The summed E-state index contributed by atoms with van der Waals surface area (Å²) in [5.41, 5.74) is 3.19. The van der Waals surface area contributed by atoms with E-state index in [0.717, 1.165) is 12.1 Å². The molecule has 0 aliphatic carbocycles. The van der Waals surface area contributed by atoms with E-state index in [2.05, 4.69) is 23.6 Å².